The van der Waals surface area contributed by atoms with E-state index in [0.717, 1.165) is 18.6 Å². The van der Waals surface area contributed by atoms with Crippen LogP contribution in [-0.4, -0.2) is 11.2 Å². The monoisotopic (exact) mass is 257 g/mol. The molecular formula is C16H19NO2. The van der Waals surface area contributed by atoms with Crippen molar-refractivity contribution >= 4 is 0 Å². The number of nitrogens with zero attached hydrogens (tertiary/aromatic N) is 1. The van der Waals surface area contributed by atoms with Gasteiger partial charge in [0.25, 0.3) is 0 Å². The molecule has 0 N–H and O–H groups in total. The molecule has 0 saturated heterocycles. The van der Waals surface area contributed by atoms with Gasteiger partial charge in [0, 0.05) is 18.8 Å². The van der Waals surface area contributed by atoms with Gasteiger partial charge in [-0.15, -0.1) is 0 Å². The lowest BCUT2D eigenvalue weighted by Crippen LogP contribution is -2.18. The zero-order valence-corrected chi connectivity index (χ0v) is 11.2. The summed E-state index contributed by atoms with van der Waals surface area (Å²) >= 11 is 0. The maximum absolute atomic E-state index is 11.5. The number of aromatic nitrogens is 1. The lowest BCUT2D eigenvalue weighted by Gasteiger charge is -2.08. The van der Waals surface area contributed by atoms with E-state index in [4.69, 9.17) is 4.74 Å². The van der Waals surface area contributed by atoms with Crippen LogP contribution in [0.15, 0.2) is 53.5 Å². The quantitative estimate of drug-likeness (QED) is 0.745. The van der Waals surface area contributed by atoms with Crippen molar-refractivity contribution in [1.82, 2.24) is 4.57 Å². The van der Waals surface area contributed by atoms with E-state index >= 15 is 0 Å². The standard InChI is InChI=1S/C16H19NO2/c1-2-14-7-9-15(10-8-14)19-13-5-12-17-11-4-3-6-16(17)18/h3-4,6-11H,2,5,12-13H2,1H3. The highest BCUT2D eigenvalue weighted by Crippen LogP contribution is 2.12. The van der Waals surface area contributed by atoms with Crippen LogP contribution in [0.25, 0.3) is 0 Å². The summed E-state index contributed by atoms with van der Waals surface area (Å²) in [7, 11) is 0. The van der Waals surface area contributed by atoms with Crippen molar-refractivity contribution in [1.29, 1.82) is 0 Å². The molecule has 1 heterocycles. The second-order valence-electron chi connectivity index (χ2n) is 4.43. The largest absolute Gasteiger partial charge is 0.494 e. The molecule has 1 aromatic heterocycles. The number of pyridine rings is 1. The number of ether oxygens (including phenoxy) is 1. The van der Waals surface area contributed by atoms with Crippen LogP contribution in [0.1, 0.15) is 18.9 Å². The minimum Gasteiger partial charge on any atom is -0.494 e. The molecule has 0 fully saturated rings. The fourth-order valence-electron chi connectivity index (χ4n) is 1.89. The molecule has 100 valence electrons. The average molecular weight is 257 g/mol. The number of hydrogen-bond acceptors (Lipinski definition) is 2. The van der Waals surface area contributed by atoms with Crippen molar-refractivity contribution in [2.24, 2.45) is 0 Å². The first kappa shape index (κ1) is 13.4. The Balaban J connectivity index is 1.77. The zero-order valence-electron chi connectivity index (χ0n) is 11.2. The van der Waals surface area contributed by atoms with E-state index in [1.54, 1.807) is 22.9 Å². The molecule has 0 saturated carbocycles. The van der Waals surface area contributed by atoms with Crippen LogP contribution in [0.3, 0.4) is 0 Å². The van der Waals surface area contributed by atoms with Crippen LogP contribution < -0.4 is 10.3 Å². The van der Waals surface area contributed by atoms with Crippen LogP contribution in [-0.2, 0) is 13.0 Å². The number of hydrogen-bond donors (Lipinski definition) is 0. The van der Waals surface area contributed by atoms with E-state index in [9.17, 15) is 4.79 Å². The maximum atomic E-state index is 11.5. The second-order valence-corrected chi connectivity index (χ2v) is 4.43. The van der Waals surface area contributed by atoms with Crippen LogP contribution >= 0.6 is 0 Å². The minimum atomic E-state index is 0.0369. The molecule has 1 aromatic carbocycles. The summed E-state index contributed by atoms with van der Waals surface area (Å²) in [5, 5.41) is 0. The lowest BCUT2D eigenvalue weighted by atomic mass is 10.2. The summed E-state index contributed by atoms with van der Waals surface area (Å²) in [5.74, 6) is 0.887. The third kappa shape index (κ3) is 3.98. The molecule has 19 heavy (non-hydrogen) atoms. The molecule has 3 heteroatoms. The Morgan fingerprint density at radius 3 is 2.58 bits per heavy atom. The third-order valence-corrected chi connectivity index (χ3v) is 3.04. The third-order valence-electron chi connectivity index (χ3n) is 3.04. The van der Waals surface area contributed by atoms with E-state index < -0.39 is 0 Å². The van der Waals surface area contributed by atoms with Crippen LogP contribution in [0.4, 0.5) is 0 Å². The first-order valence-corrected chi connectivity index (χ1v) is 6.67. The predicted octanol–water partition coefficient (Wildman–Crippen LogP) is 2.88. The Morgan fingerprint density at radius 2 is 1.89 bits per heavy atom. The lowest BCUT2D eigenvalue weighted by molar-refractivity contribution is 0.301. The molecule has 0 radical (unpaired) electrons. The number of benzene rings is 1. The van der Waals surface area contributed by atoms with Crippen molar-refractivity contribution in [2.75, 3.05) is 6.61 Å². The summed E-state index contributed by atoms with van der Waals surface area (Å²) < 4.78 is 7.35. The molecule has 0 bridgehead atoms. The molecular weight excluding hydrogens is 238 g/mol. The molecule has 0 spiro atoms. The van der Waals surface area contributed by atoms with E-state index in [0.29, 0.717) is 13.2 Å². The van der Waals surface area contributed by atoms with Crippen LogP contribution in [0.2, 0.25) is 0 Å². The summed E-state index contributed by atoms with van der Waals surface area (Å²) in [6.45, 7) is 3.44. The van der Waals surface area contributed by atoms with E-state index in [1.807, 2.05) is 18.2 Å². The van der Waals surface area contributed by atoms with Gasteiger partial charge >= 0.3 is 0 Å². The average Bonchev–Trinajstić information content (AvgIpc) is 2.46. The maximum Gasteiger partial charge on any atom is 0.250 e. The molecule has 0 amide bonds. The summed E-state index contributed by atoms with van der Waals surface area (Å²) in [6.07, 6.45) is 3.66. The molecule has 0 unspecified atom stereocenters. The topological polar surface area (TPSA) is 31.2 Å². The minimum absolute atomic E-state index is 0.0369. The zero-order chi connectivity index (χ0) is 13.5. The molecule has 0 aliphatic rings. The molecule has 0 aliphatic carbocycles. The van der Waals surface area contributed by atoms with Crippen molar-refractivity contribution in [3.8, 4) is 5.75 Å². The fourth-order valence-corrected chi connectivity index (χ4v) is 1.89. The van der Waals surface area contributed by atoms with Crippen LogP contribution in [0, 0.1) is 0 Å². The Kier molecular flexibility index (Phi) is 4.78. The Morgan fingerprint density at radius 1 is 1.11 bits per heavy atom. The highest BCUT2D eigenvalue weighted by molar-refractivity contribution is 5.27. The van der Waals surface area contributed by atoms with Gasteiger partial charge in [-0.1, -0.05) is 25.1 Å². The first-order chi connectivity index (χ1) is 9.29. The highest BCUT2D eigenvalue weighted by atomic mass is 16.5. The summed E-state index contributed by atoms with van der Waals surface area (Å²) in [4.78, 5) is 11.5. The van der Waals surface area contributed by atoms with Crippen LogP contribution in [0.5, 0.6) is 5.75 Å². The van der Waals surface area contributed by atoms with Crippen molar-refractivity contribution in [2.45, 2.75) is 26.3 Å². The molecule has 3 nitrogen and oxygen atoms in total. The number of rotatable bonds is 6. The second kappa shape index (κ2) is 6.78. The Hall–Kier alpha value is -2.03. The van der Waals surface area contributed by atoms with Gasteiger partial charge in [0.1, 0.15) is 5.75 Å². The summed E-state index contributed by atoms with van der Waals surface area (Å²) in [6, 6.07) is 13.3. The summed E-state index contributed by atoms with van der Waals surface area (Å²) in [5.41, 5.74) is 1.35. The van der Waals surface area contributed by atoms with Crippen molar-refractivity contribution < 1.29 is 4.74 Å². The van der Waals surface area contributed by atoms with Gasteiger partial charge in [-0.25, -0.2) is 0 Å². The Labute approximate surface area is 113 Å². The molecule has 2 rings (SSSR count). The van der Waals surface area contributed by atoms with Crippen molar-refractivity contribution in [3.05, 3.63) is 64.6 Å². The van der Waals surface area contributed by atoms with Crippen molar-refractivity contribution in [3.63, 3.8) is 0 Å². The molecule has 0 atom stereocenters. The highest BCUT2D eigenvalue weighted by Gasteiger charge is 1.96. The van der Waals surface area contributed by atoms with E-state index in [2.05, 4.69) is 19.1 Å². The Bertz CT molecular complexity index is 557. The predicted molar refractivity (Wildman–Crippen MR) is 76.6 cm³/mol. The van der Waals surface area contributed by atoms with Gasteiger partial charge in [-0.2, -0.15) is 0 Å². The normalized spacial score (nSPS) is 10.4. The molecule has 0 aliphatic heterocycles. The van der Waals surface area contributed by atoms with Gasteiger partial charge in [-0.05, 0) is 36.6 Å². The van der Waals surface area contributed by atoms with Gasteiger partial charge in [0.05, 0.1) is 6.61 Å². The van der Waals surface area contributed by atoms with Gasteiger partial charge in [0.15, 0.2) is 0 Å². The van der Waals surface area contributed by atoms with Gasteiger partial charge < -0.3 is 9.30 Å². The van der Waals surface area contributed by atoms with E-state index in [1.165, 1.54) is 5.56 Å². The fraction of sp³-hybridized carbons (Fsp3) is 0.312. The molecule has 2 aromatic rings. The smallest absolute Gasteiger partial charge is 0.250 e. The number of aryl methyl sites for hydroxylation is 2. The van der Waals surface area contributed by atoms with Gasteiger partial charge in [-0.3, -0.25) is 4.79 Å². The SMILES string of the molecule is CCc1ccc(OCCCn2ccccc2=O)cc1. The van der Waals surface area contributed by atoms with Gasteiger partial charge in [0.2, 0.25) is 5.56 Å². The first-order valence-electron chi connectivity index (χ1n) is 6.67. The van der Waals surface area contributed by atoms with E-state index in [-0.39, 0.29) is 5.56 Å².